The minimum atomic E-state index is -0.101. The highest BCUT2D eigenvalue weighted by Crippen LogP contribution is 2.18. The summed E-state index contributed by atoms with van der Waals surface area (Å²) in [7, 11) is 0. The molecule has 0 fully saturated rings. The molecule has 0 spiro atoms. The number of nitrogens with one attached hydrogen (secondary N) is 2. The summed E-state index contributed by atoms with van der Waals surface area (Å²) in [5.41, 5.74) is 2.34. The maximum absolute atomic E-state index is 12.2. The van der Waals surface area contributed by atoms with Gasteiger partial charge in [-0.1, -0.05) is 18.1 Å². The van der Waals surface area contributed by atoms with E-state index in [1.807, 2.05) is 26.0 Å². The molecule has 2 N–H and O–H groups in total. The summed E-state index contributed by atoms with van der Waals surface area (Å²) in [5, 5.41) is 10.0. The Bertz CT molecular complexity index is 648. The number of ether oxygens (including phenoxy) is 1. The highest BCUT2D eigenvalue weighted by atomic mass is 16.5. The fourth-order valence-electron chi connectivity index (χ4n) is 2.26. The summed E-state index contributed by atoms with van der Waals surface area (Å²) in [6, 6.07) is 7.16. The third kappa shape index (κ3) is 5.09. The van der Waals surface area contributed by atoms with E-state index in [2.05, 4.69) is 22.7 Å². The minimum absolute atomic E-state index is 0.101. The van der Waals surface area contributed by atoms with Crippen molar-refractivity contribution < 1.29 is 14.1 Å². The Hall–Kier alpha value is -2.34. The summed E-state index contributed by atoms with van der Waals surface area (Å²) in [5.74, 6) is 1.30. The number of hydrogen-bond donors (Lipinski definition) is 2. The van der Waals surface area contributed by atoms with Crippen LogP contribution in [0.25, 0.3) is 0 Å². The number of benzene rings is 1. The zero-order valence-corrected chi connectivity index (χ0v) is 14.5. The lowest BCUT2D eigenvalue weighted by Gasteiger charge is -2.09. The number of amides is 1. The summed E-state index contributed by atoms with van der Waals surface area (Å²) < 4.78 is 10.9. The van der Waals surface area contributed by atoms with E-state index in [4.69, 9.17) is 9.26 Å². The van der Waals surface area contributed by atoms with Crippen molar-refractivity contribution in [3.63, 3.8) is 0 Å². The third-order valence-corrected chi connectivity index (χ3v) is 3.67. The van der Waals surface area contributed by atoms with Gasteiger partial charge in [-0.2, -0.15) is 0 Å². The zero-order chi connectivity index (χ0) is 17.4. The molecule has 1 heterocycles. The van der Waals surface area contributed by atoms with Crippen LogP contribution in [0.15, 0.2) is 28.8 Å². The molecule has 0 radical (unpaired) electrons. The van der Waals surface area contributed by atoms with Crippen LogP contribution >= 0.6 is 0 Å². The van der Waals surface area contributed by atoms with Gasteiger partial charge in [-0.25, -0.2) is 0 Å². The van der Waals surface area contributed by atoms with Crippen molar-refractivity contribution in [3.8, 4) is 5.75 Å². The van der Waals surface area contributed by atoms with E-state index in [0.717, 1.165) is 36.5 Å². The van der Waals surface area contributed by atoms with Gasteiger partial charge in [-0.15, -0.1) is 0 Å². The number of hydrogen-bond acceptors (Lipinski definition) is 5. The Morgan fingerprint density at radius 1 is 1.25 bits per heavy atom. The summed E-state index contributed by atoms with van der Waals surface area (Å²) in [6.45, 7) is 8.54. The van der Waals surface area contributed by atoms with Crippen LogP contribution < -0.4 is 15.4 Å². The van der Waals surface area contributed by atoms with E-state index in [-0.39, 0.29) is 5.91 Å². The van der Waals surface area contributed by atoms with Gasteiger partial charge in [0.1, 0.15) is 18.1 Å². The first kappa shape index (κ1) is 18.0. The lowest BCUT2D eigenvalue weighted by molar-refractivity contribution is 0.0953. The smallest absolute Gasteiger partial charge is 0.251 e. The van der Waals surface area contributed by atoms with Crippen LogP contribution in [0, 0.1) is 13.8 Å². The molecule has 6 heteroatoms. The van der Waals surface area contributed by atoms with Crippen molar-refractivity contribution in [1.82, 2.24) is 15.8 Å². The van der Waals surface area contributed by atoms with Gasteiger partial charge in [0.15, 0.2) is 0 Å². The maximum atomic E-state index is 12.2. The number of nitrogens with zero attached hydrogens (tertiary/aromatic N) is 1. The predicted octanol–water partition coefficient (Wildman–Crippen LogP) is 2.60. The molecule has 130 valence electrons. The first-order valence-corrected chi connectivity index (χ1v) is 8.25. The number of aryl methyl sites for hydroxylation is 2. The van der Waals surface area contributed by atoms with Gasteiger partial charge < -0.3 is 19.9 Å². The number of carbonyl (C=O) groups excluding carboxylic acids is 1. The van der Waals surface area contributed by atoms with Crippen molar-refractivity contribution in [2.24, 2.45) is 0 Å². The van der Waals surface area contributed by atoms with E-state index < -0.39 is 0 Å². The van der Waals surface area contributed by atoms with Gasteiger partial charge in [0.2, 0.25) is 0 Å². The van der Waals surface area contributed by atoms with E-state index in [1.54, 1.807) is 12.1 Å². The average Bonchev–Trinajstić information content (AvgIpc) is 2.91. The molecule has 1 aromatic carbocycles. The third-order valence-electron chi connectivity index (χ3n) is 3.67. The van der Waals surface area contributed by atoms with Crippen LogP contribution in [0.1, 0.15) is 40.7 Å². The largest absolute Gasteiger partial charge is 0.489 e. The molecule has 6 nitrogen and oxygen atoms in total. The number of carbonyl (C=O) groups is 1. The van der Waals surface area contributed by atoms with E-state index in [9.17, 15) is 4.79 Å². The fraction of sp³-hybridized carbons (Fsp3) is 0.444. The lowest BCUT2D eigenvalue weighted by Crippen LogP contribution is -2.32. The first-order chi connectivity index (χ1) is 11.6. The van der Waals surface area contributed by atoms with Crippen molar-refractivity contribution >= 4 is 5.91 Å². The quantitative estimate of drug-likeness (QED) is 0.691. The molecule has 0 atom stereocenters. The van der Waals surface area contributed by atoms with Crippen LogP contribution in [0.5, 0.6) is 5.75 Å². The molecule has 0 saturated heterocycles. The van der Waals surface area contributed by atoms with Gasteiger partial charge in [0, 0.05) is 18.7 Å². The molecule has 0 aliphatic heterocycles. The van der Waals surface area contributed by atoms with Crippen LogP contribution in [-0.2, 0) is 6.61 Å². The topological polar surface area (TPSA) is 76.4 Å². The Labute approximate surface area is 142 Å². The second-order valence-electron chi connectivity index (χ2n) is 5.63. The molecule has 2 rings (SSSR count). The second kappa shape index (κ2) is 9.08. The first-order valence-electron chi connectivity index (χ1n) is 8.25. The summed E-state index contributed by atoms with van der Waals surface area (Å²) in [4.78, 5) is 12.2. The van der Waals surface area contributed by atoms with Crippen LogP contribution in [-0.4, -0.2) is 30.7 Å². The van der Waals surface area contributed by atoms with Gasteiger partial charge in [-0.3, -0.25) is 4.79 Å². The molecular formula is C18H25N3O3. The van der Waals surface area contributed by atoms with Crippen molar-refractivity contribution in [3.05, 3.63) is 46.8 Å². The number of rotatable bonds is 9. The standard InChI is InChI=1S/C18H25N3O3/c1-4-8-19-9-10-20-18(22)15-6-5-7-16(11-15)23-12-17-13(2)21-24-14(17)3/h5-7,11,19H,4,8-10,12H2,1-3H3,(H,20,22). The molecule has 0 bridgehead atoms. The molecule has 2 aromatic rings. The van der Waals surface area contributed by atoms with Gasteiger partial charge in [0.25, 0.3) is 5.91 Å². The monoisotopic (exact) mass is 331 g/mol. The second-order valence-corrected chi connectivity index (χ2v) is 5.63. The van der Waals surface area contributed by atoms with E-state index >= 15 is 0 Å². The number of aromatic nitrogens is 1. The van der Waals surface area contributed by atoms with Gasteiger partial charge >= 0.3 is 0 Å². The van der Waals surface area contributed by atoms with Crippen molar-refractivity contribution in [1.29, 1.82) is 0 Å². The Morgan fingerprint density at radius 2 is 2.08 bits per heavy atom. The molecule has 0 unspecified atom stereocenters. The Kier molecular flexibility index (Phi) is 6.81. The normalized spacial score (nSPS) is 10.6. The highest BCUT2D eigenvalue weighted by molar-refractivity contribution is 5.94. The maximum Gasteiger partial charge on any atom is 0.251 e. The minimum Gasteiger partial charge on any atom is -0.489 e. The van der Waals surface area contributed by atoms with E-state index in [0.29, 0.717) is 24.5 Å². The molecule has 1 aromatic heterocycles. The highest BCUT2D eigenvalue weighted by Gasteiger charge is 2.10. The molecule has 0 saturated carbocycles. The fourth-order valence-corrected chi connectivity index (χ4v) is 2.26. The van der Waals surface area contributed by atoms with Gasteiger partial charge in [0.05, 0.1) is 11.3 Å². The van der Waals surface area contributed by atoms with Gasteiger partial charge in [-0.05, 0) is 45.0 Å². The Balaban J connectivity index is 1.87. The summed E-state index contributed by atoms with van der Waals surface area (Å²) >= 11 is 0. The van der Waals surface area contributed by atoms with Crippen LogP contribution in [0.4, 0.5) is 0 Å². The molecular weight excluding hydrogens is 306 g/mol. The SMILES string of the molecule is CCCNCCNC(=O)c1cccc(OCc2c(C)noc2C)c1. The van der Waals surface area contributed by atoms with Crippen LogP contribution in [0.3, 0.4) is 0 Å². The lowest BCUT2D eigenvalue weighted by atomic mass is 10.2. The zero-order valence-electron chi connectivity index (χ0n) is 14.5. The predicted molar refractivity (Wildman–Crippen MR) is 92.2 cm³/mol. The Morgan fingerprint density at radius 3 is 2.79 bits per heavy atom. The molecule has 0 aliphatic carbocycles. The molecule has 24 heavy (non-hydrogen) atoms. The van der Waals surface area contributed by atoms with Crippen LogP contribution in [0.2, 0.25) is 0 Å². The van der Waals surface area contributed by atoms with Crippen molar-refractivity contribution in [2.45, 2.75) is 33.8 Å². The molecule has 1 amide bonds. The summed E-state index contributed by atoms with van der Waals surface area (Å²) in [6.07, 6.45) is 1.08. The van der Waals surface area contributed by atoms with E-state index in [1.165, 1.54) is 0 Å². The van der Waals surface area contributed by atoms with Crippen molar-refractivity contribution in [2.75, 3.05) is 19.6 Å². The average molecular weight is 331 g/mol. The molecule has 0 aliphatic rings.